The van der Waals surface area contributed by atoms with Crippen LogP contribution in [0.1, 0.15) is 46.5 Å². The number of alkyl carbamates (subject to hydrolysis) is 1. The Labute approximate surface area is 140 Å². The molecule has 24 heavy (non-hydrogen) atoms. The molecule has 1 heterocycles. The number of nitrogens with one attached hydrogen (secondary N) is 1. The molecule has 1 saturated carbocycles. The Morgan fingerprint density at radius 3 is 2.58 bits per heavy atom. The lowest BCUT2D eigenvalue weighted by Crippen LogP contribution is -2.42. The smallest absolute Gasteiger partial charge is 0.407 e. The van der Waals surface area contributed by atoms with Crippen LogP contribution in [0.15, 0.2) is 18.3 Å². The molecule has 0 spiro atoms. The molecule has 0 radical (unpaired) electrons. The van der Waals surface area contributed by atoms with Gasteiger partial charge in [-0.05, 0) is 52.5 Å². The summed E-state index contributed by atoms with van der Waals surface area (Å²) in [7, 11) is 0. The molecule has 2 rings (SSSR count). The summed E-state index contributed by atoms with van der Waals surface area (Å²) < 4.78 is 10.9. The van der Waals surface area contributed by atoms with Crippen molar-refractivity contribution in [2.75, 3.05) is 0 Å². The van der Waals surface area contributed by atoms with Crippen molar-refractivity contribution in [3.05, 3.63) is 28.4 Å². The van der Waals surface area contributed by atoms with E-state index in [0.29, 0.717) is 12.8 Å². The highest BCUT2D eigenvalue weighted by Crippen LogP contribution is 2.28. The second-order valence-corrected chi connectivity index (χ2v) is 6.82. The Morgan fingerprint density at radius 1 is 1.33 bits per heavy atom. The van der Waals surface area contributed by atoms with Crippen molar-refractivity contribution in [3.8, 4) is 5.88 Å². The monoisotopic (exact) mass is 337 g/mol. The minimum absolute atomic E-state index is 0.0263. The maximum Gasteiger partial charge on any atom is 0.407 e. The van der Waals surface area contributed by atoms with Gasteiger partial charge in [0.15, 0.2) is 0 Å². The molecule has 1 aromatic heterocycles. The molecule has 1 fully saturated rings. The maximum absolute atomic E-state index is 11.8. The Kier molecular flexibility index (Phi) is 5.58. The Hall–Kier alpha value is -2.38. The molecule has 0 atom stereocenters. The van der Waals surface area contributed by atoms with E-state index in [0.717, 1.165) is 12.8 Å². The van der Waals surface area contributed by atoms with Gasteiger partial charge >= 0.3 is 11.8 Å². The normalized spacial score (nSPS) is 21.0. The summed E-state index contributed by atoms with van der Waals surface area (Å²) in [5, 5.41) is 13.8. The summed E-state index contributed by atoms with van der Waals surface area (Å²) in [6.07, 6.45) is 3.73. The first-order valence-corrected chi connectivity index (χ1v) is 8.00. The third-order valence-electron chi connectivity index (χ3n) is 3.62. The van der Waals surface area contributed by atoms with Crippen molar-refractivity contribution in [2.45, 2.75) is 64.2 Å². The van der Waals surface area contributed by atoms with Crippen molar-refractivity contribution >= 4 is 11.8 Å². The van der Waals surface area contributed by atoms with Crippen LogP contribution in [0, 0.1) is 10.1 Å². The number of nitro groups is 1. The highest BCUT2D eigenvalue weighted by Gasteiger charge is 2.27. The Bertz CT molecular complexity index is 592. The average molecular weight is 337 g/mol. The zero-order chi connectivity index (χ0) is 17.7. The summed E-state index contributed by atoms with van der Waals surface area (Å²) in [6, 6.07) is 2.91. The predicted molar refractivity (Wildman–Crippen MR) is 86.9 cm³/mol. The van der Waals surface area contributed by atoms with Gasteiger partial charge in [0.25, 0.3) is 5.88 Å². The number of pyridine rings is 1. The van der Waals surface area contributed by atoms with Gasteiger partial charge in [-0.25, -0.2) is 9.78 Å². The highest BCUT2D eigenvalue weighted by atomic mass is 16.6. The van der Waals surface area contributed by atoms with Crippen LogP contribution in [0.5, 0.6) is 5.88 Å². The number of aromatic nitrogens is 1. The lowest BCUT2D eigenvalue weighted by Gasteiger charge is -2.30. The zero-order valence-corrected chi connectivity index (χ0v) is 14.2. The van der Waals surface area contributed by atoms with Crippen LogP contribution >= 0.6 is 0 Å². The van der Waals surface area contributed by atoms with E-state index in [1.54, 1.807) is 0 Å². The van der Waals surface area contributed by atoms with Gasteiger partial charge in [-0.3, -0.25) is 10.1 Å². The van der Waals surface area contributed by atoms with E-state index < -0.39 is 16.6 Å². The molecule has 1 aliphatic carbocycles. The molecule has 1 aromatic rings. The van der Waals surface area contributed by atoms with E-state index in [4.69, 9.17) is 9.47 Å². The summed E-state index contributed by atoms with van der Waals surface area (Å²) in [4.78, 5) is 26.2. The molecule has 8 nitrogen and oxygen atoms in total. The molecule has 0 aromatic carbocycles. The molecule has 8 heteroatoms. The molecule has 0 unspecified atom stereocenters. The number of carbonyl (C=O) groups excluding carboxylic acids is 1. The first-order chi connectivity index (χ1) is 11.2. The summed E-state index contributed by atoms with van der Waals surface area (Å²) in [6.45, 7) is 5.45. The first kappa shape index (κ1) is 18.0. The summed E-state index contributed by atoms with van der Waals surface area (Å²) in [5.74, 6) is 0.0473. The lowest BCUT2D eigenvalue weighted by atomic mass is 9.93. The number of ether oxygens (including phenoxy) is 2. The van der Waals surface area contributed by atoms with Gasteiger partial charge in [0.05, 0.1) is 4.92 Å². The SMILES string of the molecule is CC(C)(C)OC(=O)N[C@H]1CC[C@H](Oc2ncccc2[N+](=O)[O-])CC1. The summed E-state index contributed by atoms with van der Waals surface area (Å²) in [5.41, 5.74) is -0.658. The van der Waals surface area contributed by atoms with E-state index in [1.165, 1.54) is 18.3 Å². The maximum atomic E-state index is 11.8. The third-order valence-corrected chi connectivity index (χ3v) is 3.62. The number of amides is 1. The van der Waals surface area contributed by atoms with E-state index in [-0.39, 0.29) is 23.7 Å². The molecule has 132 valence electrons. The fraction of sp³-hybridized carbons (Fsp3) is 0.625. The van der Waals surface area contributed by atoms with Crippen molar-refractivity contribution < 1.29 is 19.2 Å². The summed E-state index contributed by atoms with van der Waals surface area (Å²) >= 11 is 0. The molecule has 1 amide bonds. The minimum Gasteiger partial charge on any atom is -0.469 e. The van der Waals surface area contributed by atoms with Crippen LogP contribution in [-0.4, -0.2) is 33.7 Å². The van der Waals surface area contributed by atoms with Crippen molar-refractivity contribution in [1.82, 2.24) is 10.3 Å². The molecular weight excluding hydrogens is 314 g/mol. The van der Waals surface area contributed by atoms with Crippen molar-refractivity contribution in [1.29, 1.82) is 0 Å². The number of carbonyl (C=O) groups is 1. The van der Waals surface area contributed by atoms with Crippen LogP contribution in [-0.2, 0) is 4.74 Å². The Balaban J connectivity index is 1.83. The van der Waals surface area contributed by atoms with Gasteiger partial charge in [0.1, 0.15) is 11.7 Å². The van der Waals surface area contributed by atoms with Gasteiger partial charge in [-0.2, -0.15) is 0 Å². The molecule has 0 saturated heterocycles. The zero-order valence-electron chi connectivity index (χ0n) is 14.2. The van der Waals surface area contributed by atoms with E-state index in [2.05, 4.69) is 10.3 Å². The standard InChI is InChI=1S/C16H23N3O5/c1-16(2,3)24-15(20)18-11-6-8-12(9-7-11)23-14-13(19(21)22)5-4-10-17-14/h4-5,10-12H,6-9H2,1-3H3,(H,18,20)/t11-,12-. The average Bonchev–Trinajstić information content (AvgIpc) is 2.47. The molecule has 0 bridgehead atoms. The second-order valence-electron chi connectivity index (χ2n) is 6.82. The van der Waals surface area contributed by atoms with Crippen LogP contribution in [0.2, 0.25) is 0 Å². The Morgan fingerprint density at radius 2 is 2.00 bits per heavy atom. The first-order valence-electron chi connectivity index (χ1n) is 8.00. The number of rotatable bonds is 4. The van der Waals surface area contributed by atoms with Gasteiger partial charge in [0, 0.05) is 18.3 Å². The third kappa shape index (κ3) is 5.36. The topological polar surface area (TPSA) is 104 Å². The largest absolute Gasteiger partial charge is 0.469 e. The second kappa shape index (κ2) is 7.46. The van der Waals surface area contributed by atoms with Crippen molar-refractivity contribution in [3.63, 3.8) is 0 Å². The number of hydrogen-bond donors (Lipinski definition) is 1. The van der Waals surface area contributed by atoms with Crippen molar-refractivity contribution in [2.24, 2.45) is 0 Å². The number of nitrogens with zero attached hydrogens (tertiary/aromatic N) is 2. The van der Waals surface area contributed by atoms with E-state index in [9.17, 15) is 14.9 Å². The van der Waals surface area contributed by atoms with E-state index in [1.807, 2.05) is 20.8 Å². The quantitative estimate of drug-likeness (QED) is 0.668. The predicted octanol–water partition coefficient (Wildman–Crippen LogP) is 3.20. The fourth-order valence-corrected chi connectivity index (χ4v) is 2.57. The molecular formula is C16H23N3O5. The fourth-order valence-electron chi connectivity index (χ4n) is 2.57. The molecule has 1 N–H and O–H groups in total. The minimum atomic E-state index is -0.525. The highest BCUT2D eigenvalue weighted by molar-refractivity contribution is 5.68. The molecule has 1 aliphatic rings. The van der Waals surface area contributed by atoms with E-state index >= 15 is 0 Å². The molecule has 0 aliphatic heterocycles. The van der Waals surface area contributed by atoms with Crippen LogP contribution in [0.25, 0.3) is 0 Å². The van der Waals surface area contributed by atoms with Gasteiger partial charge in [-0.1, -0.05) is 0 Å². The number of hydrogen-bond acceptors (Lipinski definition) is 6. The van der Waals surface area contributed by atoms with Gasteiger partial charge in [-0.15, -0.1) is 0 Å². The van der Waals surface area contributed by atoms with Gasteiger partial charge < -0.3 is 14.8 Å². The lowest BCUT2D eigenvalue weighted by molar-refractivity contribution is -0.386. The van der Waals surface area contributed by atoms with Crippen LogP contribution in [0.3, 0.4) is 0 Å². The van der Waals surface area contributed by atoms with Gasteiger partial charge in [0.2, 0.25) is 0 Å². The van der Waals surface area contributed by atoms with Crippen LogP contribution in [0.4, 0.5) is 10.5 Å². The van der Waals surface area contributed by atoms with Crippen LogP contribution < -0.4 is 10.1 Å².